The summed E-state index contributed by atoms with van der Waals surface area (Å²) in [6, 6.07) is 12.4. The van der Waals surface area contributed by atoms with Crippen LogP contribution >= 0.6 is 24.0 Å². The van der Waals surface area contributed by atoms with Crippen molar-refractivity contribution in [1.29, 1.82) is 0 Å². The molecule has 0 spiro atoms. The zero-order chi connectivity index (χ0) is 20.7. The minimum Gasteiger partial charge on any atom is -0.357 e. The van der Waals surface area contributed by atoms with Crippen LogP contribution in [0.5, 0.6) is 0 Å². The van der Waals surface area contributed by atoms with E-state index in [2.05, 4.69) is 25.9 Å². The van der Waals surface area contributed by atoms with Crippen LogP contribution in [-0.2, 0) is 10.2 Å². The zero-order valence-electron chi connectivity index (χ0n) is 17.4. The molecule has 1 aliphatic rings. The molecule has 2 aromatic rings. The third-order valence-corrected chi connectivity index (χ3v) is 4.98. The maximum Gasteiger partial charge on any atom is 0.227 e. The van der Waals surface area contributed by atoms with Crippen LogP contribution in [0.4, 0.5) is 10.2 Å². The Morgan fingerprint density at radius 1 is 1.17 bits per heavy atom. The first-order chi connectivity index (χ1) is 14.0. The molecular formula is C22H29FIN5O. The molecule has 6 nitrogen and oxygen atoms in total. The third-order valence-electron chi connectivity index (χ3n) is 4.98. The lowest BCUT2D eigenvalue weighted by Crippen LogP contribution is -2.39. The highest BCUT2D eigenvalue weighted by atomic mass is 127. The van der Waals surface area contributed by atoms with E-state index in [1.807, 2.05) is 38.1 Å². The lowest BCUT2D eigenvalue weighted by molar-refractivity contribution is -0.116. The van der Waals surface area contributed by atoms with E-state index in [0.29, 0.717) is 37.8 Å². The van der Waals surface area contributed by atoms with Gasteiger partial charge in [0.15, 0.2) is 5.96 Å². The maximum absolute atomic E-state index is 14.2. The van der Waals surface area contributed by atoms with Crippen molar-refractivity contribution in [3.8, 4) is 0 Å². The summed E-state index contributed by atoms with van der Waals surface area (Å²) in [7, 11) is 0. The van der Waals surface area contributed by atoms with Crippen molar-refractivity contribution >= 4 is 41.7 Å². The predicted octanol–water partition coefficient (Wildman–Crippen LogP) is 3.76. The number of nitrogens with one attached hydrogen (secondary N) is 3. The fourth-order valence-electron chi connectivity index (χ4n) is 3.24. The number of aryl methyl sites for hydroxylation is 1. The van der Waals surface area contributed by atoms with Crippen molar-refractivity contribution in [2.45, 2.75) is 38.5 Å². The Morgan fingerprint density at radius 2 is 1.93 bits per heavy atom. The number of carbonyl (C=O) groups is 1. The predicted molar refractivity (Wildman–Crippen MR) is 129 cm³/mol. The molecule has 0 radical (unpaired) electrons. The number of aromatic nitrogens is 1. The molecule has 1 heterocycles. The molecule has 3 N–H and O–H groups in total. The van der Waals surface area contributed by atoms with E-state index in [9.17, 15) is 9.18 Å². The van der Waals surface area contributed by atoms with E-state index in [1.165, 1.54) is 6.07 Å². The van der Waals surface area contributed by atoms with E-state index in [0.717, 1.165) is 24.1 Å². The summed E-state index contributed by atoms with van der Waals surface area (Å²) < 4.78 is 14.2. The van der Waals surface area contributed by atoms with Crippen LogP contribution in [0.3, 0.4) is 0 Å². The minimum atomic E-state index is -0.206. The van der Waals surface area contributed by atoms with Gasteiger partial charge in [0.25, 0.3) is 0 Å². The van der Waals surface area contributed by atoms with Crippen LogP contribution in [0.1, 0.15) is 37.4 Å². The highest BCUT2D eigenvalue weighted by Crippen LogP contribution is 2.49. The number of pyridine rings is 1. The third kappa shape index (κ3) is 6.65. The van der Waals surface area contributed by atoms with Crippen LogP contribution in [0.2, 0.25) is 0 Å². The van der Waals surface area contributed by atoms with Gasteiger partial charge in [0.1, 0.15) is 11.6 Å². The molecule has 0 atom stereocenters. The highest BCUT2D eigenvalue weighted by Gasteiger charge is 2.45. The van der Waals surface area contributed by atoms with Crippen LogP contribution < -0.4 is 16.0 Å². The SMILES string of the molecule is CCNC(=NCC1(c2ccccc2F)CC1)NCCC(=O)Nc1cccc(C)n1.I. The molecule has 1 saturated carbocycles. The van der Waals surface area contributed by atoms with E-state index < -0.39 is 0 Å². The summed E-state index contributed by atoms with van der Waals surface area (Å²) in [5, 5.41) is 9.15. The van der Waals surface area contributed by atoms with Crippen molar-refractivity contribution in [2.24, 2.45) is 4.99 Å². The molecule has 8 heteroatoms. The summed E-state index contributed by atoms with van der Waals surface area (Å²) in [4.78, 5) is 21.0. The first-order valence-corrected chi connectivity index (χ1v) is 10.0. The Labute approximate surface area is 194 Å². The van der Waals surface area contributed by atoms with Gasteiger partial charge in [0.05, 0.1) is 6.54 Å². The van der Waals surface area contributed by atoms with Gasteiger partial charge in [-0.25, -0.2) is 9.37 Å². The highest BCUT2D eigenvalue weighted by molar-refractivity contribution is 14.0. The van der Waals surface area contributed by atoms with Gasteiger partial charge in [0.2, 0.25) is 5.91 Å². The second-order valence-corrected chi connectivity index (χ2v) is 7.34. The lowest BCUT2D eigenvalue weighted by Gasteiger charge is -2.16. The van der Waals surface area contributed by atoms with Gasteiger partial charge in [-0.3, -0.25) is 9.79 Å². The Hall–Kier alpha value is -2.23. The summed E-state index contributed by atoms with van der Waals surface area (Å²) >= 11 is 0. The summed E-state index contributed by atoms with van der Waals surface area (Å²) in [6.45, 7) is 5.53. The van der Waals surface area contributed by atoms with Gasteiger partial charge >= 0.3 is 0 Å². The molecule has 1 fully saturated rings. The normalized spacial score (nSPS) is 14.4. The molecule has 0 bridgehead atoms. The van der Waals surface area contributed by atoms with E-state index >= 15 is 0 Å². The number of benzene rings is 1. The molecule has 162 valence electrons. The molecular weight excluding hydrogens is 496 g/mol. The van der Waals surface area contributed by atoms with E-state index in [-0.39, 0.29) is 41.1 Å². The first-order valence-electron chi connectivity index (χ1n) is 10.0. The van der Waals surface area contributed by atoms with Crippen molar-refractivity contribution in [2.75, 3.05) is 25.0 Å². The number of rotatable bonds is 8. The van der Waals surface area contributed by atoms with Crippen LogP contribution in [0, 0.1) is 12.7 Å². The largest absolute Gasteiger partial charge is 0.357 e. The first kappa shape index (κ1) is 24.0. The van der Waals surface area contributed by atoms with Crippen LogP contribution in [0.15, 0.2) is 47.5 Å². The molecule has 3 rings (SSSR count). The van der Waals surface area contributed by atoms with Gasteiger partial charge in [0, 0.05) is 30.6 Å². The number of hydrogen-bond acceptors (Lipinski definition) is 3. The molecule has 1 aliphatic carbocycles. The standard InChI is InChI=1S/C22H28FN5O.HI/c1-3-24-21(25-14-11-20(29)28-19-10-6-7-16(2)27-19)26-15-22(12-13-22)17-8-4-5-9-18(17)23;/h4-10H,3,11-15H2,1-2H3,(H2,24,25,26)(H,27,28,29);1H. The Bertz CT molecular complexity index is 885. The van der Waals surface area contributed by atoms with Crippen LogP contribution in [-0.4, -0.2) is 36.5 Å². The molecule has 30 heavy (non-hydrogen) atoms. The van der Waals surface area contributed by atoms with Gasteiger partial charge in [-0.05, 0) is 50.5 Å². The van der Waals surface area contributed by atoms with Crippen molar-refractivity contribution in [3.05, 3.63) is 59.5 Å². The van der Waals surface area contributed by atoms with Gasteiger partial charge in [-0.15, -0.1) is 24.0 Å². The number of carbonyl (C=O) groups excluding carboxylic acids is 1. The van der Waals surface area contributed by atoms with Crippen molar-refractivity contribution in [1.82, 2.24) is 15.6 Å². The number of amides is 1. The van der Waals surface area contributed by atoms with Crippen molar-refractivity contribution in [3.63, 3.8) is 0 Å². The number of hydrogen-bond donors (Lipinski definition) is 3. The number of halogens is 2. The average molecular weight is 525 g/mol. The number of anilines is 1. The average Bonchev–Trinajstić information content (AvgIpc) is 3.47. The summed E-state index contributed by atoms with van der Waals surface area (Å²) in [5.41, 5.74) is 1.39. The molecule has 0 unspecified atom stereocenters. The van der Waals surface area contributed by atoms with Crippen molar-refractivity contribution < 1.29 is 9.18 Å². The zero-order valence-corrected chi connectivity index (χ0v) is 19.7. The molecule has 0 aliphatic heterocycles. The Kier molecular flexibility index (Phi) is 9.01. The van der Waals surface area contributed by atoms with E-state index in [4.69, 9.17) is 0 Å². The number of guanidine groups is 1. The maximum atomic E-state index is 14.2. The Balaban J connectivity index is 0.00000320. The quantitative estimate of drug-likeness (QED) is 0.279. The topological polar surface area (TPSA) is 78.4 Å². The van der Waals surface area contributed by atoms with Gasteiger partial charge in [-0.1, -0.05) is 24.3 Å². The summed E-state index contributed by atoms with van der Waals surface area (Å²) in [6.07, 6.45) is 2.16. The van der Waals surface area contributed by atoms with Gasteiger partial charge in [-0.2, -0.15) is 0 Å². The smallest absolute Gasteiger partial charge is 0.227 e. The fourth-order valence-corrected chi connectivity index (χ4v) is 3.24. The second-order valence-electron chi connectivity index (χ2n) is 7.34. The molecule has 1 amide bonds. The minimum absolute atomic E-state index is 0. The number of aliphatic imine (C=N–C) groups is 1. The molecule has 1 aromatic carbocycles. The number of nitrogens with zero attached hydrogens (tertiary/aromatic N) is 2. The monoisotopic (exact) mass is 525 g/mol. The summed E-state index contributed by atoms with van der Waals surface area (Å²) in [5.74, 6) is 0.906. The van der Waals surface area contributed by atoms with E-state index in [1.54, 1.807) is 12.1 Å². The van der Waals surface area contributed by atoms with Gasteiger partial charge < -0.3 is 16.0 Å². The Morgan fingerprint density at radius 3 is 2.60 bits per heavy atom. The molecule has 0 saturated heterocycles. The second kappa shape index (κ2) is 11.2. The molecule has 1 aromatic heterocycles. The fraction of sp³-hybridized carbons (Fsp3) is 0.409. The van der Waals surface area contributed by atoms with Crippen LogP contribution in [0.25, 0.3) is 0 Å². The lowest BCUT2D eigenvalue weighted by atomic mass is 9.95.